The van der Waals surface area contributed by atoms with Gasteiger partial charge >= 0.3 is 0 Å². The molecule has 0 fully saturated rings. The number of aliphatic hydroxyl groups is 1. The van der Waals surface area contributed by atoms with Gasteiger partial charge in [0, 0.05) is 20.7 Å². The summed E-state index contributed by atoms with van der Waals surface area (Å²) >= 11 is 3.20. The number of methoxy groups -OCH3 is 1. The van der Waals surface area contributed by atoms with E-state index in [4.69, 9.17) is 4.74 Å². The number of hydrogen-bond donors (Lipinski definition) is 1. The summed E-state index contributed by atoms with van der Waals surface area (Å²) in [6.07, 6.45) is -0.446. The zero-order chi connectivity index (χ0) is 14.1. The molecule has 2 nitrogen and oxygen atoms in total. The third kappa shape index (κ3) is 2.44. The Bertz CT molecular complexity index is 704. The van der Waals surface area contributed by atoms with E-state index >= 15 is 0 Å². The highest BCUT2D eigenvalue weighted by Gasteiger charge is 2.16. The Kier molecular flexibility index (Phi) is 3.74. The van der Waals surface area contributed by atoms with E-state index in [1.165, 1.54) is 7.11 Å². The molecule has 104 valence electrons. The fourth-order valence-corrected chi connectivity index (χ4v) is 4.23. The van der Waals surface area contributed by atoms with Crippen LogP contribution in [0.4, 0.5) is 4.39 Å². The van der Waals surface area contributed by atoms with Gasteiger partial charge in [0.15, 0.2) is 11.6 Å². The number of rotatable bonds is 4. The quantitative estimate of drug-likeness (QED) is 0.774. The number of fused-ring (bicyclic) bond motifs is 1. The van der Waals surface area contributed by atoms with Crippen molar-refractivity contribution < 1.29 is 14.2 Å². The lowest BCUT2D eigenvalue weighted by Gasteiger charge is -2.11. The average molecular weight is 308 g/mol. The molecule has 0 aliphatic carbocycles. The summed E-state index contributed by atoms with van der Waals surface area (Å²) in [4.78, 5) is 0.870. The molecule has 2 heterocycles. The monoisotopic (exact) mass is 308 g/mol. The van der Waals surface area contributed by atoms with E-state index in [-0.39, 0.29) is 12.2 Å². The van der Waals surface area contributed by atoms with Crippen LogP contribution in [0.25, 0.3) is 9.40 Å². The minimum absolute atomic E-state index is 0.210. The summed E-state index contributed by atoms with van der Waals surface area (Å²) in [7, 11) is 1.44. The fraction of sp³-hybridized carbons (Fsp3) is 0.200. The van der Waals surface area contributed by atoms with Crippen molar-refractivity contribution in [2.75, 3.05) is 7.11 Å². The lowest BCUT2D eigenvalue weighted by Crippen LogP contribution is -2.03. The summed E-state index contributed by atoms with van der Waals surface area (Å²) in [5.74, 6) is -0.186. The number of benzene rings is 1. The van der Waals surface area contributed by atoms with Crippen molar-refractivity contribution in [2.24, 2.45) is 0 Å². The van der Waals surface area contributed by atoms with Crippen LogP contribution in [0, 0.1) is 5.82 Å². The van der Waals surface area contributed by atoms with Crippen molar-refractivity contribution >= 4 is 32.1 Å². The Morgan fingerprint density at radius 3 is 2.90 bits per heavy atom. The molecule has 1 aromatic carbocycles. The zero-order valence-corrected chi connectivity index (χ0v) is 12.4. The zero-order valence-electron chi connectivity index (χ0n) is 10.8. The van der Waals surface area contributed by atoms with Crippen molar-refractivity contribution in [3.8, 4) is 5.75 Å². The maximum atomic E-state index is 14.1. The van der Waals surface area contributed by atoms with Gasteiger partial charge in [0.05, 0.1) is 13.2 Å². The minimum Gasteiger partial charge on any atom is -0.494 e. The van der Waals surface area contributed by atoms with Gasteiger partial charge in [-0.2, -0.15) is 0 Å². The average Bonchev–Trinajstić information content (AvgIpc) is 3.02. The molecule has 0 saturated carbocycles. The highest BCUT2D eigenvalue weighted by molar-refractivity contribution is 7.26. The smallest absolute Gasteiger partial charge is 0.168 e. The Hall–Kier alpha value is -1.43. The first-order valence-electron chi connectivity index (χ1n) is 6.15. The van der Waals surface area contributed by atoms with Crippen LogP contribution in [0.2, 0.25) is 0 Å². The Labute approximate surface area is 124 Å². The van der Waals surface area contributed by atoms with Crippen molar-refractivity contribution in [3.63, 3.8) is 0 Å². The molecular weight excluding hydrogens is 295 g/mol. The van der Waals surface area contributed by atoms with Crippen LogP contribution in [0.1, 0.15) is 16.5 Å². The normalized spacial score (nSPS) is 12.8. The van der Waals surface area contributed by atoms with Crippen LogP contribution >= 0.6 is 22.7 Å². The molecule has 0 aliphatic heterocycles. The molecule has 0 radical (unpaired) electrons. The van der Waals surface area contributed by atoms with E-state index in [0.29, 0.717) is 5.56 Å². The molecule has 0 spiro atoms. The van der Waals surface area contributed by atoms with Crippen LogP contribution in [-0.4, -0.2) is 12.2 Å². The summed E-state index contributed by atoms with van der Waals surface area (Å²) < 4.78 is 21.3. The Morgan fingerprint density at radius 2 is 2.15 bits per heavy atom. The number of halogens is 1. The highest BCUT2D eigenvalue weighted by Crippen LogP contribution is 2.35. The number of hydrogen-bond acceptors (Lipinski definition) is 4. The molecule has 0 saturated heterocycles. The first kappa shape index (κ1) is 13.5. The van der Waals surface area contributed by atoms with Crippen molar-refractivity contribution in [1.29, 1.82) is 0 Å². The van der Waals surface area contributed by atoms with Crippen LogP contribution in [0.3, 0.4) is 0 Å². The maximum absolute atomic E-state index is 14.1. The summed E-state index contributed by atoms with van der Waals surface area (Å²) in [5, 5.41) is 12.3. The molecule has 20 heavy (non-hydrogen) atoms. The maximum Gasteiger partial charge on any atom is 0.168 e. The third-order valence-electron chi connectivity index (χ3n) is 3.16. The van der Waals surface area contributed by atoms with Gasteiger partial charge in [0.1, 0.15) is 0 Å². The van der Waals surface area contributed by atoms with Crippen LogP contribution in [0.5, 0.6) is 5.75 Å². The number of ether oxygens (including phenoxy) is 1. The van der Waals surface area contributed by atoms with Gasteiger partial charge in [-0.1, -0.05) is 12.1 Å². The molecule has 3 rings (SSSR count). The summed E-state index contributed by atoms with van der Waals surface area (Å²) in [5.41, 5.74) is 0.466. The lowest BCUT2D eigenvalue weighted by molar-refractivity contribution is 0.180. The predicted octanol–water partition coefficient (Wildman–Crippen LogP) is 4.39. The van der Waals surface area contributed by atoms with Gasteiger partial charge in [-0.05, 0) is 29.1 Å². The summed E-state index contributed by atoms with van der Waals surface area (Å²) in [6.45, 7) is 0. The SMILES string of the molecule is COc1cccc(CC(O)c2cc3sccc3s2)c1F. The van der Waals surface area contributed by atoms with E-state index in [9.17, 15) is 9.50 Å². The molecule has 1 atom stereocenters. The molecule has 1 N–H and O–H groups in total. The topological polar surface area (TPSA) is 29.5 Å². The van der Waals surface area contributed by atoms with Crippen LogP contribution < -0.4 is 4.74 Å². The van der Waals surface area contributed by atoms with E-state index in [2.05, 4.69) is 0 Å². The number of thiophene rings is 2. The fourth-order valence-electron chi connectivity index (χ4n) is 2.13. The van der Waals surface area contributed by atoms with Gasteiger partial charge in [-0.25, -0.2) is 4.39 Å². The molecule has 0 aliphatic rings. The summed E-state index contributed by atoms with van der Waals surface area (Å²) in [6, 6.07) is 9.00. The van der Waals surface area contributed by atoms with Crippen LogP contribution in [0.15, 0.2) is 35.7 Å². The van der Waals surface area contributed by atoms with Gasteiger partial charge in [-0.3, -0.25) is 0 Å². The Balaban J connectivity index is 1.85. The number of aliphatic hydroxyl groups excluding tert-OH is 1. The van der Waals surface area contributed by atoms with Gasteiger partial charge < -0.3 is 9.84 Å². The van der Waals surface area contributed by atoms with Crippen molar-refractivity contribution in [3.05, 3.63) is 52.0 Å². The molecule has 1 unspecified atom stereocenters. The largest absolute Gasteiger partial charge is 0.494 e. The second-order valence-electron chi connectivity index (χ2n) is 4.45. The van der Waals surface area contributed by atoms with E-state index in [1.54, 1.807) is 40.9 Å². The highest BCUT2D eigenvalue weighted by atomic mass is 32.1. The van der Waals surface area contributed by atoms with Crippen LogP contribution in [-0.2, 0) is 6.42 Å². The Morgan fingerprint density at radius 1 is 1.30 bits per heavy atom. The molecule has 0 amide bonds. The van der Waals surface area contributed by atoms with Gasteiger partial charge in [-0.15, -0.1) is 22.7 Å². The lowest BCUT2D eigenvalue weighted by atomic mass is 10.1. The first-order valence-corrected chi connectivity index (χ1v) is 7.85. The minimum atomic E-state index is -0.693. The second-order valence-corrected chi connectivity index (χ2v) is 6.51. The van der Waals surface area contributed by atoms with Gasteiger partial charge in [0.25, 0.3) is 0 Å². The van der Waals surface area contributed by atoms with Crippen molar-refractivity contribution in [2.45, 2.75) is 12.5 Å². The second kappa shape index (κ2) is 5.52. The molecule has 3 aromatic rings. The van der Waals surface area contributed by atoms with E-state index in [1.807, 2.05) is 17.5 Å². The molecule has 2 aromatic heterocycles. The molecule has 5 heteroatoms. The standard InChI is InChI=1S/C15H13FO2S2/c1-18-11-4-2-3-9(15(11)16)7-10(17)13-8-14-12(20-13)5-6-19-14/h2-6,8,10,17H,7H2,1H3. The van der Waals surface area contributed by atoms with Crippen molar-refractivity contribution in [1.82, 2.24) is 0 Å². The van der Waals surface area contributed by atoms with E-state index in [0.717, 1.165) is 14.3 Å². The van der Waals surface area contributed by atoms with Gasteiger partial charge in [0.2, 0.25) is 0 Å². The molecular formula is C15H13FO2S2. The predicted molar refractivity (Wildman–Crippen MR) is 81.3 cm³/mol. The van der Waals surface area contributed by atoms with E-state index < -0.39 is 11.9 Å². The third-order valence-corrected chi connectivity index (χ3v) is 5.36. The first-order chi connectivity index (χ1) is 9.69. The molecule has 0 bridgehead atoms.